The van der Waals surface area contributed by atoms with Gasteiger partial charge in [-0.15, -0.1) is 0 Å². The first-order valence-corrected chi connectivity index (χ1v) is 7.66. The smallest absolute Gasteiger partial charge is 0.298 e. The van der Waals surface area contributed by atoms with E-state index in [-0.39, 0.29) is 5.84 Å². The molecule has 22 heavy (non-hydrogen) atoms. The summed E-state index contributed by atoms with van der Waals surface area (Å²) < 4.78 is 10.8. The van der Waals surface area contributed by atoms with Crippen LogP contribution in [0.15, 0.2) is 16.5 Å². The number of rotatable bonds is 7. The molecule has 5 N–H and O–H groups in total. The fourth-order valence-electron chi connectivity index (χ4n) is 2.53. The number of hydrogen-bond donors (Lipinski definition) is 4. The first-order valence-electron chi connectivity index (χ1n) is 7.66. The lowest BCUT2D eigenvalue weighted by molar-refractivity contribution is 0.110. The molecule has 0 aliphatic carbocycles. The Kier molecular flexibility index (Phi) is 6.02. The summed E-state index contributed by atoms with van der Waals surface area (Å²) in [4.78, 5) is 5.98. The van der Waals surface area contributed by atoms with Crippen LogP contribution in [0.5, 0.6) is 0 Å². The number of aliphatic imine (C=N–C) groups is 1. The maximum absolute atomic E-state index is 8.16. The largest absolute Gasteiger partial charge is 0.468 e. The van der Waals surface area contributed by atoms with Crippen molar-refractivity contribution in [2.45, 2.75) is 25.4 Å². The van der Waals surface area contributed by atoms with E-state index in [1.165, 1.54) is 0 Å². The summed E-state index contributed by atoms with van der Waals surface area (Å²) in [6.07, 6.45) is 3.53. The Morgan fingerprint density at radius 1 is 1.59 bits per heavy atom. The molecule has 1 fully saturated rings. The summed E-state index contributed by atoms with van der Waals surface area (Å²) in [5.74, 6) is 0.640. The van der Waals surface area contributed by atoms with Gasteiger partial charge in [-0.2, -0.15) is 4.99 Å². The fourth-order valence-corrected chi connectivity index (χ4v) is 2.53. The molecule has 0 saturated carbocycles. The van der Waals surface area contributed by atoms with Gasteiger partial charge in [-0.05, 0) is 25.8 Å². The van der Waals surface area contributed by atoms with Crippen LogP contribution in [0, 0.1) is 5.41 Å². The summed E-state index contributed by atoms with van der Waals surface area (Å²) in [5, 5.41) is 14.4. The molecule has 2 heterocycles. The summed E-state index contributed by atoms with van der Waals surface area (Å²) in [7, 11) is 3.25. The molecule has 124 valence electrons. The average molecular weight is 310 g/mol. The molecular formula is C14H26N6O2. The molecule has 0 bridgehead atoms. The zero-order valence-corrected chi connectivity index (χ0v) is 13.3. The number of nitrogens with one attached hydrogen (secondary N) is 3. The monoisotopic (exact) mass is 310 g/mol. The van der Waals surface area contributed by atoms with E-state index in [1.807, 2.05) is 0 Å². The quantitative estimate of drug-likeness (QED) is 0.485. The molecular weight excluding hydrogens is 284 g/mol. The lowest BCUT2D eigenvalue weighted by Gasteiger charge is -2.19. The molecule has 2 aliphatic heterocycles. The minimum Gasteiger partial charge on any atom is -0.468 e. The van der Waals surface area contributed by atoms with E-state index in [2.05, 4.69) is 15.6 Å². The minimum absolute atomic E-state index is 0.267. The number of amidine groups is 2. The van der Waals surface area contributed by atoms with Crippen molar-refractivity contribution in [2.24, 2.45) is 10.7 Å². The lowest BCUT2D eigenvalue weighted by atomic mass is 10.2. The number of nitrogens with two attached hydrogens (primary N) is 1. The molecule has 1 saturated heterocycles. The second kappa shape index (κ2) is 8.00. The van der Waals surface area contributed by atoms with Gasteiger partial charge < -0.3 is 25.8 Å². The van der Waals surface area contributed by atoms with E-state index in [0.717, 1.165) is 39.0 Å². The van der Waals surface area contributed by atoms with E-state index in [1.54, 1.807) is 19.1 Å². The first-order chi connectivity index (χ1) is 10.7. The van der Waals surface area contributed by atoms with Crippen LogP contribution in [0.4, 0.5) is 0 Å². The topological polar surface area (TPSA) is 108 Å². The minimum atomic E-state index is 0.267. The molecule has 0 aromatic rings. The van der Waals surface area contributed by atoms with Gasteiger partial charge >= 0.3 is 0 Å². The fraction of sp³-hybridized carbons (Fsp3) is 0.714. The Hall–Kier alpha value is -1.80. The highest BCUT2D eigenvalue weighted by Gasteiger charge is 2.29. The van der Waals surface area contributed by atoms with Gasteiger partial charge in [0.1, 0.15) is 5.82 Å². The molecule has 0 amide bonds. The summed E-state index contributed by atoms with van der Waals surface area (Å²) in [6.45, 7) is 3.29. The highest BCUT2D eigenvalue weighted by molar-refractivity contribution is 6.11. The number of methoxy groups -OCH3 is 1. The summed E-state index contributed by atoms with van der Waals surface area (Å²) in [5.41, 5.74) is 6.23. The van der Waals surface area contributed by atoms with Crippen molar-refractivity contribution in [3.8, 4) is 0 Å². The highest BCUT2D eigenvalue weighted by Crippen LogP contribution is 2.17. The number of hydrogen-bond acceptors (Lipinski definition) is 7. The second-order valence-corrected chi connectivity index (χ2v) is 5.30. The van der Waals surface area contributed by atoms with Crippen LogP contribution in [0.1, 0.15) is 19.3 Å². The third-order valence-electron chi connectivity index (χ3n) is 3.77. The molecule has 1 unspecified atom stereocenters. The molecule has 2 aliphatic rings. The van der Waals surface area contributed by atoms with Gasteiger partial charge in [0.2, 0.25) is 0 Å². The van der Waals surface area contributed by atoms with Crippen LogP contribution < -0.4 is 16.4 Å². The SMILES string of the molecule is CN/C(N)=C1/N=C(OC)N(CCCNCC2CCCO2)C1=N. The highest BCUT2D eigenvalue weighted by atomic mass is 16.5. The summed E-state index contributed by atoms with van der Waals surface area (Å²) >= 11 is 0. The van der Waals surface area contributed by atoms with Gasteiger partial charge in [-0.1, -0.05) is 0 Å². The van der Waals surface area contributed by atoms with Crippen molar-refractivity contribution in [3.05, 3.63) is 11.5 Å². The van der Waals surface area contributed by atoms with Gasteiger partial charge in [0, 0.05) is 26.7 Å². The zero-order valence-electron chi connectivity index (χ0n) is 13.3. The number of nitrogens with zero attached hydrogens (tertiary/aromatic N) is 2. The van der Waals surface area contributed by atoms with Crippen molar-refractivity contribution >= 4 is 11.9 Å². The standard InChI is InChI=1S/C14H26N6O2/c1-17-12(15)11-13(16)20(14(19-11)21-2)7-4-6-18-9-10-5-3-8-22-10/h10,16-18H,3-9,15H2,1-2H3/b12-11+,16-13?. The van der Waals surface area contributed by atoms with E-state index in [9.17, 15) is 0 Å². The van der Waals surface area contributed by atoms with E-state index in [4.69, 9.17) is 20.6 Å². The molecule has 8 heteroatoms. The van der Waals surface area contributed by atoms with Gasteiger partial charge in [0.05, 0.1) is 13.2 Å². The van der Waals surface area contributed by atoms with Gasteiger partial charge in [-0.25, -0.2) is 0 Å². The summed E-state index contributed by atoms with van der Waals surface area (Å²) in [6, 6.07) is 0.414. The molecule has 1 atom stereocenters. The van der Waals surface area contributed by atoms with Gasteiger partial charge in [0.15, 0.2) is 11.5 Å². The lowest BCUT2D eigenvalue weighted by Crippen LogP contribution is -2.36. The maximum Gasteiger partial charge on any atom is 0.298 e. The van der Waals surface area contributed by atoms with E-state index < -0.39 is 0 Å². The molecule has 0 radical (unpaired) electrons. The van der Waals surface area contributed by atoms with Crippen molar-refractivity contribution in [1.29, 1.82) is 5.41 Å². The predicted molar refractivity (Wildman–Crippen MR) is 85.6 cm³/mol. The first kappa shape index (κ1) is 16.6. The molecule has 0 aromatic carbocycles. The third-order valence-corrected chi connectivity index (χ3v) is 3.77. The Morgan fingerprint density at radius 3 is 3.05 bits per heavy atom. The zero-order chi connectivity index (χ0) is 15.9. The Morgan fingerprint density at radius 2 is 2.41 bits per heavy atom. The molecule has 0 spiro atoms. The van der Waals surface area contributed by atoms with Crippen molar-refractivity contribution in [1.82, 2.24) is 15.5 Å². The third kappa shape index (κ3) is 3.89. The van der Waals surface area contributed by atoms with Crippen LogP contribution in [-0.2, 0) is 9.47 Å². The van der Waals surface area contributed by atoms with Crippen molar-refractivity contribution in [2.75, 3.05) is 40.4 Å². The Balaban J connectivity index is 1.77. The Bertz CT molecular complexity index is 456. The van der Waals surface area contributed by atoms with Crippen LogP contribution in [-0.4, -0.2) is 63.3 Å². The van der Waals surface area contributed by atoms with Crippen LogP contribution >= 0.6 is 0 Å². The molecule has 8 nitrogen and oxygen atoms in total. The van der Waals surface area contributed by atoms with Crippen molar-refractivity contribution in [3.63, 3.8) is 0 Å². The Labute approximate surface area is 131 Å². The van der Waals surface area contributed by atoms with E-state index >= 15 is 0 Å². The van der Waals surface area contributed by atoms with Crippen LogP contribution in [0.25, 0.3) is 0 Å². The van der Waals surface area contributed by atoms with Crippen molar-refractivity contribution < 1.29 is 9.47 Å². The van der Waals surface area contributed by atoms with Gasteiger partial charge in [0.25, 0.3) is 6.02 Å². The van der Waals surface area contributed by atoms with Crippen LogP contribution in [0.3, 0.4) is 0 Å². The average Bonchev–Trinajstić information content (AvgIpc) is 3.15. The van der Waals surface area contributed by atoms with Gasteiger partial charge in [-0.3, -0.25) is 10.3 Å². The normalized spacial score (nSPS) is 23.7. The number of ether oxygens (including phenoxy) is 2. The predicted octanol–water partition coefficient (Wildman–Crippen LogP) is -0.212. The molecule has 2 rings (SSSR count). The maximum atomic E-state index is 8.16. The second-order valence-electron chi connectivity index (χ2n) is 5.30. The van der Waals surface area contributed by atoms with Crippen LogP contribution in [0.2, 0.25) is 0 Å². The van der Waals surface area contributed by atoms with E-state index in [0.29, 0.717) is 30.2 Å². The molecule has 0 aromatic heterocycles.